The maximum atomic E-state index is 3.69. The molecule has 3 heteroatoms. The van der Waals surface area contributed by atoms with Crippen LogP contribution < -0.4 is 5.32 Å². The fraction of sp³-hybridized carbons (Fsp3) is 1.00. The summed E-state index contributed by atoms with van der Waals surface area (Å²) in [4.78, 5) is 5.46. The van der Waals surface area contributed by atoms with Gasteiger partial charge >= 0.3 is 0 Å². The predicted molar refractivity (Wildman–Crippen MR) is 87.3 cm³/mol. The second-order valence-electron chi connectivity index (χ2n) is 6.69. The van der Waals surface area contributed by atoms with Gasteiger partial charge < -0.3 is 15.1 Å². The van der Waals surface area contributed by atoms with Gasteiger partial charge in [-0.25, -0.2) is 0 Å². The third-order valence-electron chi connectivity index (χ3n) is 5.12. The van der Waals surface area contributed by atoms with E-state index in [-0.39, 0.29) is 0 Å². The van der Waals surface area contributed by atoms with Crippen LogP contribution >= 0.6 is 0 Å². The van der Waals surface area contributed by atoms with E-state index in [1.807, 2.05) is 0 Å². The molecule has 2 aliphatic rings. The van der Waals surface area contributed by atoms with Crippen LogP contribution in [0.3, 0.4) is 0 Å². The summed E-state index contributed by atoms with van der Waals surface area (Å²) in [6, 6.07) is 1.58. The molecule has 3 nitrogen and oxygen atoms in total. The van der Waals surface area contributed by atoms with Gasteiger partial charge in [0, 0.05) is 18.6 Å². The molecule has 0 aromatic carbocycles. The van der Waals surface area contributed by atoms with Gasteiger partial charge in [-0.05, 0) is 71.2 Å². The Labute approximate surface area is 126 Å². The average molecular weight is 281 g/mol. The van der Waals surface area contributed by atoms with Gasteiger partial charge in [0.15, 0.2) is 0 Å². The molecule has 1 unspecified atom stereocenters. The molecular formula is C17H35N3. The van der Waals surface area contributed by atoms with Gasteiger partial charge in [0.25, 0.3) is 0 Å². The highest BCUT2D eigenvalue weighted by molar-refractivity contribution is 4.83. The normalized spacial score (nSPS) is 24.9. The number of hydrogen-bond donors (Lipinski definition) is 1. The van der Waals surface area contributed by atoms with Crippen molar-refractivity contribution in [3.05, 3.63) is 0 Å². The van der Waals surface area contributed by atoms with Gasteiger partial charge in [0.05, 0.1) is 0 Å². The van der Waals surface area contributed by atoms with Crippen molar-refractivity contribution in [2.75, 3.05) is 39.3 Å². The Balaban J connectivity index is 1.67. The zero-order chi connectivity index (χ0) is 14.2. The largest absolute Gasteiger partial charge is 0.313 e. The Morgan fingerprint density at radius 2 is 1.70 bits per heavy atom. The highest BCUT2D eigenvalue weighted by Gasteiger charge is 2.26. The summed E-state index contributed by atoms with van der Waals surface area (Å²) in [5.74, 6) is 0. The standard InChI is InChI=1S/C17H35N3/c1-3-10-18-16(4-2)15-19-13-8-17(9-14-19)20-11-6-5-7-12-20/h16-18H,3-15H2,1-2H3. The lowest BCUT2D eigenvalue weighted by molar-refractivity contribution is 0.0878. The van der Waals surface area contributed by atoms with E-state index in [0.717, 1.165) is 6.04 Å². The summed E-state index contributed by atoms with van der Waals surface area (Å²) in [7, 11) is 0. The van der Waals surface area contributed by atoms with E-state index in [4.69, 9.17) is 0 Å². The molecule has 0 amide bonds. The van der Waals surface area contributed by atoms with Crippen LogP contribution in [-0.2, 0) is 0 Å². The summed E-state index contributed by atoms with van der Waals surface area (Å²) in [6.07, 6.45) is 9.60. The van der Waals surface area contributed by atoms with Crippen LogP contribution in [0.15, 0.2) is 0 Å². The van der Waals surface area contributed by atoms with E-state index < -0.39 is 0 Å². The molecule has 118 valence electrons. The third kappa shape index (κ3) is 5.01. The average Bonchev–Trinajstić information content (AvgIpc) is 2.53. The van der Waals surface area contributed by atoms with Crippen LogP contribution in [0.1, 0.15) is 58.8 Å². The van der Waals surface area contributed by atoms with Crippen LogP contribution in [0.5, 0.6) is 0 Å². The Morgan fingerprint density at radius 1 is 1.00 bits per heavy atom. The fourth-order valence-corrected chi connectivity index (χ4v) is 3.75. The van der Waals surface area contributed by atoms with Crippen molar-refractivity contribution < 1.29 is 0 Å². The monoisotopic (exact) mass is 281 g/mol. The summed E-state index contributed by atoms with van der Waals surface area (Å²) < 4.78 is 0. The fourth-order valence-electron chi connectivity index (χ4n) is 3.75. The van der Waals surface area contributed by atoms with E-state index >= 15 is 0 Å². The molecule has 0 aromatic rings. The number of piperidine rings is 2. The van der Waals surface area contributed by atoms with Gasteiger partial charge in [-0.2, -0.15) is 0 Å². The third-order valence-corrected chi connectivity index (χ3v) is 5.12. The lowest BCUT2D eigenvalue weighted by atomic mass is 9.99. The van der Waals surface area contributed by atoms with Gasteiger partial charge in [-0.15, -0.1) is 0 Å². The van der Waals surface area contributed by atoms with Gasteiger partial charge in [0.1, 0.15) is 0 Å². The van der Waals surface area contributed by atoms with Gasteiger partial charge in [0.2, 0.25) is 0 Å². The summed E-state index contributed by atoms with van der Waals surface area (Å²) >= 11 is 0. The first-order valence-corrected chi connectivity index (χ1v) is 9.03. The van der Waals surface area contributed by atoms with Crippen molar-refractivity contribution in [2.45, 2.75) is 70.9 Å². The van der Waals surface area contributed by atoms with Crippen LogP contribution in [-0.4, -0.2) is 61.2 Å². The summed E-state index contributed by atoms with van der Waals surface area (Å²) in [5.41, 5.74) is 0. The number of likely N-dealkylation sites (tertiary alicyclic amines) is 2. The Kier molecular flexibility index (Phi) is 7.32. The Bertz CT molecular complexity index is 243. The molecule has 1 atom stereocenters. The topological polar surface area (TPSA) is 18.5 Å². The molecule has 2 aliphatic heterocycles. The Hall–Kier alpha value is -0.120. The Morgan fingerprint density at radius 3 is 2.30 bits per heavy atom. The van der Waals surface area contributed by atoms with E-state index in [9.17, 15) is 0 Å². The van der Waals surface area contributed by atoms with Gasteiger partial charge in [-0.1, -0.05) is 20.3 Å². The second kappa shape index (κ2) is 9.01. The van der Waals surface area contributed by atoms with Crippen molar-refractivity contribution in [1.82, 2.24) is 15.1 Å². The number of hydrogen-bond acceptors (Lipinski definition) is 3. The van der Waals surface area contributed by atoms with Crippen molar-refractivity contribution in [3.63, 3.8) is 0 Å². The quantitative estimate of drug-likeness (QED) is 0.774. The molecule has 2 fully saturated rings. The molecule has 2 rings (SSSR count). The first kappa shape index (κ1) is 16.3. The van der Waals surface area contributed by atoms with Crippen LogP contribution in [0, 0.1) is 0 Å². The summed E-state index contributed by atoms with van der Waals surface area (Å²) in [5, 5.41) is 3.69. The molecule has 0 spiro atoms. The van der Waals surface area contributed by atoms with Crippen molar-refractivity contribution in [3.8, 4) is 0 Å². The molecule has 0 radical (unpaired) electrons. The van der Waals surface area contributed by atoms with E-state index in [2.05, 4.69) is 29.0 Å². The minimum atomic E-state index is 0.696. The molecule has 0 saturated carbocycles. The molecule has 0 aromatic heterocycles. The van der Waals surface area contributed by atoms with Crippen LogP contribution in [0.4, 0.5) is 0 Å². The van der Waals surface area contributed by atoms with E-state index in [1.54, 1.807) is 0 Å². The lowest BCUT2D eigenvalue weighted by Crippen LogP contribution is -2.49. The number of rotatable bonds is 7. The number of nitrogens with zero attached hydrogens (tertiary/aromatic N) is 2. The highest BCUT2D eigenvalue weighted by atomic mass is 15.2. The lowest BCUT2D eigenvalue weighted by Gasteiger charge is -2.41. The maximum absolute atomic E-state index is 3.69. The van der Waals surface area contributed by atoms with Crippen molar-refractivity contribution in [2.24, 2.45) is 0 Å². The van der Waals surface area contributed by atoms with E-state index in [1.165, 1.54) is 84.2 Å². The first-order chi connectivity index (χ1) is 9.83. The molecule has 0 bridgehead atoms. The molecular weight excluding hydrogens is 246 g/mol. The predicted octanol–water partition coefficient (Wildman–Crippen LogP) is 2.71. The van der Waals surface area contributed by atoms with E-state index in [0.29, 0.717) is 6.04 Å². The zero-order valence-corrected chi connectivity index (χ0v) is 13.7. The zero-order valence-electron chi connectivity index (χ0n) is 13.7. The summed E-state index contributed by atoms with van der Waals surface area (Å²) in [6.45, 7) is 12.3. The number of nitrogens with one attached hydrogen (secondary N) is 1. The molecule has 2 saturated heterocycles. The van der Waals surface area contributed by atoms with Crippen LogP contribution in [0.25, 0.3) is 0 Å². The van der Waals surface area contributed by atoms with Crippen LogP contribution in [0.2, 0.25) is 0 Å². The first-order valence-electron chi connectivity index (χ1n) is 9.03. The molecule has 0 aliphatic carbocycles. The SMILES string of the molecule is CCCNC(CC)CN1CCC(N2CCCCC2)CC1. The maximum Gasteiger partial charge on any atom is 0.0192 e. The van der Waals surface area contributed by atoms with Crippen molar-refractivity contribution >= 4 is 0 Å². The van der Waals surface area contributed by atoms with Gasteiger partial charge in [-0.3, -0.25) is 0 Å². The highest BCUT2D eigenvalue weighted by Crippen LogP contribution is 2.21. The smallest absolute Gasteiger partial charge is 0.0192 e. The van der Waals surface area contributed by atoms with Crippen molar-refractivity contribution in [1.29, 1.82) is 0 Å². The second-order valence-corrected chi connectivity index (χ2v) is 6.69. The molecule has 1 N–H and O–H groups in total. The molecule has 2 heterocycles. The molecule has 20 heavy (non-hydrogen) atoms. The minimum Gasteiger partial charge on any atom is -0.313 e. The minimum absolute atomic E-state index is 0.696.